The Morgan fingerprint density at radius 2 is 2.10 bits per heavy atom. The molecule has 0 aliphatic carbocycles. The third-order valence-electron chi connectivity index (χ3n) is 2.88. The van der Waals surface area contributed by atoms with Crippen LogP contribution in [-0.4, -0.2) is 14.6 Å². The van der Waals surface area contributed by atoms with Crippen molar-refractivity contribution in [3.8, 4) is 17.3 Å². The Hall–Kier alpha value is -3.01. The number of nitriles is 1. The van der Waals surface area contributed by atoms with Crippen molar-refractivity contribution in [3.63, 3.8) is 0 Å². The fourth-order valence-corrected chi connectivity index (χ4v) is 1.97. The largest absolute Gasteiger partial charge is 0.367 e. The van der Waals surface area contributed by atoms with Crippen LogP contribution in [-0.2, 0) is 0 Å². The second-order valence-electron chi connectivity index (χ2n) is 4.07. The number of hydrogen-bond donors (Lipinski definition) is 1. The van der Waals surface area contributed by atoms with E-state index >= 15 is 0 Å². The Balaban J connectivity index is 2.36. The lowest BCUT2D eigenvalue weighted by Gasteiger charge is -2.04. The van der Waals surface area contributed by atoms with E-state index in [1.165, 1.54) is 24.4 Å². The fraction of sp³-hybridized carbons (Fsp3) is 0. The number of benzene rings is 1. The summed E-state index contributed by atoms with van der Waals surface area (Å²) in [6.07, 6.45) is 1.22. The standard InChI is InChI=1S/C13H7F2N5/c14-9-4-10(20-11(9)6-18-13(17)19-20)8-3-1-2-7(5-16)12(8)15/h1-4,6H,(H2,17,19). The maximum Gasteiger partial charge on any atom is 0.238 e. The van der Waals surface area contributed by atoms with Crippen molar-refractivity contribution in [2.75, 3.05) is 5.73 Å². The number of fused-ring (bicyclic) bond motifs is 1. The lowest BCUT2D eigenvalue weighted by atomic mass is 10.1. The van der Waals surface area contributed by atoms with Crippen LogP contribution < -0.4 is 5.73 Å². The van der Waals surface area contributed by atoms with Gasteiger partial charge >= 0.3 is 0 Å². The molecular weight excluding hydrogens is 264 g/mol. The molecule has 0 bridgehead atoms. The normalized spacial score (nSPS) is 10.7. The molecule has 0 amide bonds. The second kappa shape index (κ2) is 4.28. The summed E-state index contributed by atoms with van der Waals surface area (Å²) in [7, 11) is 0. The Morgan fingerprint density at radius 3 is 2.85 bits per heavy atom. The molecule has 0 unspecified atom stereocenters. The highest BCUT2D eigenvalue weighted by Crippen LogP contribution is 2.28. The molecule has 0 atom stereocenters. The monoisotopic (exact) mass is 271 g/mol. The first-order valence-electron chi connectivity index (χ1n) is 5.60. The van der Waals surface area contributed by atoms with Gasteiger partial charge in [0.2, 0.25) is 5.95 Å². The first-order chi connectivity index (χ1) is 9.61. The molecule has 0 saturated heterocycles. The van der Waals surface area contributed by atoms with Crippen LogP contribution >= 0.6 is 0 Å². The van der Waals surface area contributed by atoms with Gasteiger partial charge in [0, 0.05) is 11.6 Å². The van der Waals surface area contributed by atoms with E-state index in [9.17, 15) is 8.78 Å². The number of nitrogens with two attached hydrogens (primary N) is 1. The molecule has 0 spiro atoms. The van der Waals surface area contributed by atoms with Crippen LogP contribution in [0.25, 0.3) is 16.8 Å². The van der Waals surface area contributed by atoms with E-state index in [2.05, 4.69) is 10.1 Å². The van der Waals surface area contributed by atoms with Gasteiger partial charge in [0.25, 0.3) is 0 Å². The molecular formula is C13H7F2N5. The Kier molecular flexibility index (Phi) is 2.57. The maximum absolute atomic E-state index is 14.2. The van der Waals surface area contributed by atoms with Crippen LogP contribution in [0, 0.1) is 23.0 Å². The van der Waals surface area contributed by atoms with Crippen LogP contribution in [0.3, 0.4) is 0 Å². The third kappa shape index (κ3) is 1.66. The second-order valence-corrected chi connectivity index (χ2v) is 4.07. The highest BCUT2D eigenvalue weighted by molar-refractivity contribution is 5.69. The molecule has 3 aromatic rings. The first-order valence-corrected chi connectivity index (χ1v) is 5.60. The SMILES string of the molecule is N#Cc1cccc(-c2cc(F)c3cnc(N)nn23)c1F. The average Bonchev–Trinajstić information content (AvgIpc) is 2.75. The van der Waals surface area contributed by atoms with Crippen molar-refractivity contribution < 1.29 is 8.78 Å². The summed E-state index contributed by atoms with van der Waals surface area (Å²) in [6, 6.07) is 7.16. The Morgan fingerprint density at radius 1 is 1.30 bits per heavy atom. The van der Waals surface area contributed by atoms with Crippen molar-refractivity contribution in [1.29, 1.82) is 5.26 Å². The molecule has 0 radical (unpaired) electrons. The molecule has 1 aromatic carbocycles. The molecule has 2 aromatic heterocycles. The maximum atomic E-state index is 14.2. The highest BCUT2D eigenvalue weighted by atomic mass is 19.1. The van der Waals surface area contributed by atoms with Gasteiger partial charge in [-0.2, -0.15) is 5.26 Å². The lowest BCUT2D eigenvalue weighted by molar-refractivity contribution is 0.626. The van der Waals surface area contributed by atoms with E-state index < -0.39 is 11.6 Å². The number of rotatable bonds is 1. The van der Waals surface area contributed by atoms with Crippen LogP contribution in [0.2, 0.25) is 0 Å². The molecule has 0 aliphatic rings. The van der Waals surface area contributed by atoms with Crippen LogP contribution in [0.1, 0.15) is 5.56 Å². The molecule has 98 valence electrons. The molecule has 0 fully saturated rings. The molecule has 7 heteroatoms. The van der Waals surface area contributed by atoms with E-state index in [1.807, 2.05) is 0 Å². The molecule has 2 heterocycles. The van der Waals surface area contributed by atoms with E-state index in [0.717, 1.165) is 10.6 Å². The zero-order valence-corrected chi connectivity index (χ0v) is 10.0. The summed E-state index contributed by atoms with van der Waals surface area (Å²) >= 11 is 0. The molecule has 3 rings (SSSR count). The topological polar surface area (TPSA) is 80.0 Å². The minimum absolute atomic E-state index is 0.0637. The predicted molar refractivity (Wildman–Crippen MR) is 67.5 cm³/mol. The molecule has 5 nitrogen and oxygen atoms in total. The van der Waals surface area contributed by atoms with Gasteiger partial charge in [-0.3, -0.25) is 0 Å². The summed E-state index contributed by atoms with van der Waals surface area (Å²) in [5.74, 6) is -1.39. The zero-order valence-electron chi connectivity index (χ0n) is 10.0. The van der Waals surface area contributed by atoms with Gasteiger partial charge in [0.05, 0.1) is 17.5 Å². The van der Waals surface area contributed by atoms with Crippen molar-refractivity contribution in [2.45, 2.75) is 0 Å². The number of hydrogen-bond acceptors (Lipinski definition) is 4. The van der Waals surface area contributed by atoms with Crippen LogP contribution in [0.5, 0.6) is 0 Å². The number of anilines is 1. The van der Waals surface area contributed by atoms with E-state index in [4.69, 9.17) is 11.0 Å². The zero-order chi connectivity index (χ0) is 14.3. The Bertz CT molecular complexity index is 863. The summed E-state index contributed by atoms with van der Waals surface area (Å²) < 4.78 is 29.1. The minimum Gasteiger partial charge on any atom is -0.367 e. The van der Waals surface area contributed by atoms with Crippen molar-refractivity contribution in [2.24, 2.45) is 0 Å². The minimum atomic E-state index is -0.730. The Labute approximate surface area is 111 Å². The molecule has 0 aliphatic heterocycles. The summed E-state index contributed by atoms with van der Waals surface area (Å²) in [5, 5.41) is 12.7. The summed E-state index contributed by atoms with van der Waals surface area (Å²) in [4.78, 5) is 3.69. The fourth-order valence-electron chi connectivity index (χ4n) is 1.97. The summed E-state index contributed by atoms with van der Waals surface area (Å²) in [6.45, 7) is 0. The number of halogens is 2. The highest BCUT2D eigenvalue weighted by Gasteiger charge is 2.17. The van der Waals surface area contributed by atoms with E-state index in [1.54, 1.807) is 6.07 Å². The molecule has 0 saturated carbocycles. The lowest BCUT2D eigenvalue weighted by Crippen LogP contribution is -2.02. The van der Waals surface area contributed by atoms with Crippen LogP contribution in [0.4, 0.5) is 14.7 Å². The average molecular weight is 271 g/mol. The van der Waals surface area contributed by atoms with E-state index in [-0.39, 0.29) is 28.3 Å². The van der Waals surface area contributed by atoms with Crippen molar-refractivity contribution >= 4 is 11.5 Å². The van der Waals surface area contributed by atoms with Gasteiger partial charge < -0.3 is 5.73 Å². The predicted octanol–water partition coefficient (Wildman–Crippen LogP) is 2.13. The van der Waals surface area contributed by atoms with Gasteiger partial charge in [-0.25, -0.2) is 18.3 Å². The van der Waals surface area contributed by atoms with Crippen molar-refractivity contribution in [1.82, 2.24) is 14.6 Å². The number of nitrogens with zero attached hydrogens (tertiary/aromatic N) is 4. The van der Waals surface area contributed by atoms with E-state index in [0.29, 0.717) is 0 Å². The smallest absolute Gasteiger partial charge is 0.238 e. The first kappa shape index (κ1) is 12.0. The number of nitrogen functional groups attached to an aromatic ring is 1. The van der Waals surface area contributed by atoms with Crippen LogP contribution in [0.15, 0.2) is 30.5 Å². The van der Waals surface area contributed by atoms with Crippen molar-refractivity contribution in [3.05, 3.63) is 47.7 Å². The van der Waals surface area contributed by atoms with Gasteiger partial charge in [0.15, 0.2) is 5.82 Å². The number of aromatic nitrogens is 3. The van der Waals surface area contributed by atoms with Gasteiger partial charge in [-0.05, 0) is 12.1 Å². The third-order valence-corrected chi connectivity index (χ3v) is 2.88. The molecule has 2 N–H and O–H groups in total. The summed E-state index contributed by atoms with van der Waals surface area (Å²) in [5.41, 5.74) is 5.66. The van der Waals surface area contributed by atoms with Gasteiger partial charge in [-0.15, -0.1) is 5.10 Å². The molecule has 20 heavy (non-hydrogen) atoms. The van der Waals surface area contributed by atoms with Gasteiger partial charge in [0.1, 0.15) is 17.4 Å². The van der Waals surface area contributed by atoms with Gasteiger partial charge in [-0.1, -0.05) is 6.07 Å². The quantitative estimate of drug-likeness (QED) is 0.735.